The van der Waals surface area contributed by atoms with Gasteiger partial charge in [0.15, 0.2) is 0 Å². The minimum atomic E-state index is -0.936. The van der Waals surface area contributed by atoms with Crippen molar-refractivity contribution in [3.05, 3.63) is 64.1 Å². The summed E-state index contributed by atoms with van der Waals surface area (Å²) in [6.07, 6.45) is -0.132. The van der Waals surface area contributed by atoms with E-state index in [9.17, 15) is 14.4 Å². The Labute approximate surface area is 159 Å². The highest BCUT2D eigenvalue weighted by Crippen LogP contribution is 2.35. The Morgan fingerprint density at radius 1 is 1.12 bits per heavy atom. The fourth-order valence-electron chi connectivity index (χ4n) is 3.08. The second kappa shape index (κ2) is 7.35. The number of hydrogen-bond acceptors (Lipinski definition) is 3. The summed E-state index contributed by atoms with van der Waals surface area (Å²) in [6.45, 7) is 0. The van der Waals surface area contributed by atoms with Crippen LogP contribution in [0.4, 0.5) is 10.5 Å². The molecular formula is C18H15Cl2N3O3. The van der Waals surface area contributed by atoms with Crippen molar-refractivity contribution in [2.45, 2.75) is 18.4 Å². The predicted molar refractivity (Wildman–Crippen MR) is 99.3 cm³/mol. The van der Waals surface area contributed by atoms with Crippen molar-refractivity contribution < 1.29 is 14.4 Å². The van der Waals surface area contributed by atoms with E-state index in [4.69, 9.17) is 28.9 Å². The number of carbonyl (C=O) groups excluding carboxylic acids is 3. The van der Waals surface area contributed by atoms with Crippen LogP contribution in [0.5, 0.6) is 0 Å². The van der Waals surface area contributed by atoms with E-state index in [1.54, 1.807) is 48.5 Å². The molecule has 0 bridgehead atoms. The number of primary amides is 1. The Bertz CT molecular complexity index is 873. The van der Waals surface area contributed by atoms with Crippen LogP contribution >= 0.6 is 23.2 Å². The molecule has 1 aliphatic rings. The van der Waals surface area contributed by atoms with E-state index < -0.39 is 29.8 Å². The zero-order valence-electron chi connectivity index (χ0n) is 13.5. The third kappa shape index (κ3) is 3.52. The van der Waals surface area contributed by atoms with Crippen LogP contribution in [0, 0.1) is 0 Å². The molecule has 1 saturated heterocycles. The van der Waals surface area contributed by atoms with Gasteiger partial charge in [0.1, 0.15) is 6.04 Å². The van der Waals surface area contributed by atoms with E-state index >= 15 is 0 Å². The van der Waals surface area contributed by atoms with Gasteiger partial charge in [-0.05, 0) is 29.8 Å². The lowest BCUT2D eigenvalue weighted by molar-refractivity contribution is -0.121. The van der Waals surface area contributed by atoms with Crippen LogP contribution in [-0.2, 0) is 9.59 Å². The highest BCUT2D eigenvalue weighted by molar-refractivity contribution is 6.42. The molecule has 2 atom stereocenters. The second-order valence-electron chi connectivity index (χ2n) is 5.90. The molecule has 1 fully saturated rings. The molecule has 0 aromatic heterocycles. The third-order valence-corrected chi connectivity index (χ3v) is 4.94. The Hall–Kier alpha value is -2.57. The van der Waals surface area contributed by atoms with Gasteiger partial charge in [-0.25, -0.2) is 4.79 Å². The first kappa shape index (κ1) is 18.2. The third-order valence-electron chi connectivity index (χ3n) is 4.20. The molecule has 26 heavy (non-hydrogen) atoms. The van der Waals surface area contributed by atoms with E-state index in [-0.39, 0.29) is 11.4 Å². The summed E-state index contributed by atoms with van der Waals surface area (Å²) < 4.78 is 0. The maximum atomic E-state index is 12.5. The van der Waals surface area contributed by atoms with Crippen LogP contribution in [0.2, 0.25) is 10.0 Å². The molecule has 0 saturated carbocycles. The Kier molecular flexibility index (Phi) is 5.15. The summed E-state index contributed by atoms with van der Waals surface area (Å²) in [7, 11) is 0. The van der Waals surface area contributed by atoms with E-state index in [1.165, 1.54) is 4.90 Å². The fourth-order valence-corrected chi connectivity index (χ4v) is 3.39. The number of amides is 4. The average Bonchev–Trinajstić information content (AvgIpc) is 2.90. The largest absolute Gasteiger partial charge is 0.370 e. The molecule has 2 aromatic carbocycles. The molecule has 2 aromatic rings. The Balaban J connectivity index is 2.08. The molecule has 1 heterocycles. The van der Waals surface area contributed by atoms with Crippen molar-refractivity contribution in [3.63, 3.8) is 0 Å². The second-order valence-corrected chi connectivity index (χ2v) is 6.71. The minimum absolute atomic E-state index is 0.132. The van der Waals surface area contributed by atoms with Crippen LogP contribution in [-0.4, -0.2) is 23.9 Å². The number of nitrogens with two attached hydrogens (primary N) is 1. The number of halogens is 2. The number of benzene rings is 2. The van der Waals surface area contributed by atoms with Gasteiger partial charge in [-0.1, -0.05) is 47.5 Å². The van der Waals surface area contributed by atoms with E-state index in [0.29, 0.717) is 16.3 Å². The van der Waals surface area contributed by atoms with Gasteiger partial charge in [-0.2, -0.15) is 0 Å². The molecule has 6 nitrogen and oxygen atoms in total. The van der Waals surface area contributed by atoms with Gasteiger partial charge in [-0.3, -0.25) is 19.8 Å². The zero-order valence-corrected chi connectivity index (χ0v) is 15.0. The molecular weight excluding hydrogens is 377 g/mol. The first-order valence-electron chi connectivity index (χ1n) is 7.81. The lowest BCUT2D eigenvalue weighted by atomic mass is 9.87. The highest BCUT2D eigenvalue weighted by Gasteiger charge is 2.45. The summed E-state index contributed by atoms with van der Waals surface area (Å²) in [4.78, 5) is 37.9. The number of anilines is 1. The van der Waals surface area contributed by atoms with Gasteiger partial charge in [0, 0.05) is 18.0 Å². The molecule has 8 heteroatoms. The number of rotatable bonds is 5. The Morgan fingerprint density at radius 3 is 2.42 bits per heavy atom. The van der Waals surface area contributed by atoms with Gasteiger partial charge >= 0.3 is 6.03 Å². The van der Waals surface area contributed by atoms with Gasteiger partial charge in [0.05, 0.1) is 10.0 Å². The zero-order chi connectivity index (χ0) is 18.8. The number of urea groups is 1. The van der Waals surface area contributed by atoms with Crippen molar-refractivity contribution >= 4 is 46.7 Å². The summed E-state index contributed by atoms with van der Waals surface area (Å²) in [6, 6.07) is 12.1. The van der Waals surface area contributed by atoms with Gasteiger partial charge in [-0.15, -0.1) is 0 Å². The number of para-hydroxylation sites is 1. The van der Waals surface area contributed by atoms with E-state index in [0.717, 1.165) is 0 Å². The molecule has 3 rings (SSSR count). The topological polar surface area (TPSA) is 92.5 Å². The quantitative estimate of drug-likeness (QED) is 0.766. The normalized spacial score (nSPS) is 17.9. The Morgan fingerprint density at radius 2 is 1.81 bits per heavy atom. The van der Waals surface area contributed by atoms with Crippen LogP contribution in [0.15, 0.2) is 48.5 Å². The van der Waals surface area contributed by atoms with Crippen LogP contribution in [0.3, 0.4) is 0 Å². The molecule has 1 aliphatic heterocycles. The van der Waals surface area contributed by atoms with E-state index in [1.807, 2.05) is 0 Å². The first-order valence-corrected chi connectivity index (χ1v) is 8.56. The average molecular weight is 392 g/mol. The van der Waals surface area contributed by atoms with E-state index in [2.05, 4.69) is 5.32 Å². The summed E-state index contributed by atoms with van der Waals surface area (Å²) in [5, 5.41) is 2.94. The molecule has 0 aliphatic carbocycles. The summed E-state index contributed by atoms with van der Waals surface area (Å²) in [5.41, 5.74) is 6.53. The van der Waals surface area contributed by atoms with Crippen molar-refractivity contribution in [1.29, 1.82) is 0 Å². The van der Waals surface area contributed by atoms with Gasteiger partial charge in [0.2, 0.25) is 5.91 Å². The number of imide groups is 1. The van der Waals surface area contributed by atoms with Gasteiger partial charge < -0.3 is 5.73 Å². The smallest absolute Gasteiger partial charge is 0.329 e. The lowest BCUT2D eigenvalue weighted by Gasteiger charge is -2.29. The monoisotopic (exact) mass is 391 g/mol. The molecule has 0 radical (unpaired) electrons. The van der Waals surface area contributed by atoms with Crippen molar-refractivity contribution in [1.82, 2.24) is 5.32 Å². The number of nitrogens with zero attached hydrogens (tertiary/aromatic N) is 1. The lowest BCUT2D eigenvalue weighted by Crippen LogP contribution is -2.41. The van der Waals surface area contributed by atoms with Crippen LogP contribution < -0.4 is 16.0 Å². The number of carbonyl (C=O) groups is 3. The molecule has 134 valence electrons. The molecule has 2 unspecified atom stereocenters. The minimum Gasteiger partial charge on any atom is -0.370 e. The fraction of sp³-hybridized carbons (Fsp3) is 0.167. The predicted octanol–water partition coefficient (Wildman–Crippen LogP) is 3.08. The first-order chi connectivity index (χ1) is 12.4. The molecule has 4 amide bonds. The van der Waals surface area contributed by atoms with Crippen LogP contribution in [0.25, 0.3) is 0 Å². The van der Waals surface area contributed by atoms with Crippen molar-refractivity contribution in [2.24, 2.45) is 5.73 Å². The number of hydrogen-bond donors (Lipinski definition) is 2. The maximum absolute atomic E-state index is 12.5. The SMILES string of the molecule is NC(=O)CC(c1ccc(Cl)c(Cl)c1)C1C(=O)NC(=O)N1c1ccccc1. The van der Waals surface area contributed by atoms with Gasteiger partial charge in [0.25, 0.3) is 5.91 Å². The van der Waals surface area contributed by atoms with Crippen molar-refractivity contribution in [2.75, 3.05) is 4.90 Å². The summed E-state index contributed by atoms with van der Waals surface area (Å²) in [5.74, 6) is -1.77. The summed E-state index contributed by atoms with van der Waals surface area (Å²) >= 11 is 12.1. The molecule has 0 spiro atoms. The van der Waals surface area contributed by atoms with Crippen molar-refractivity contribution in [3.8, 4) is 0 Å². The van der Waals surface area contributed by atoms with Crippen LogP contribution in [0.1, 0.15) is 17.9 Å². The molecule has 3 N–H and O–H groups in total. The maximum Gasteiger partial charge on any atom is 0.329 e. The standard InChI is InChI=1S/C18H15Cl2N3O3/c19-13-7-6-10(8-14(13)20)12(9-15(21)24)16-17(25)22-18(26)23(16)11-4-2-1-3-5-11/h1-8,12,16H,9H2,(H2,21,24)(H,22,25,26). The highest BCUT2D eigenvalue weighted by atomic mass is 35.5. The number of nitrogens with one attached hydrogen (secondary N) is 1.